The van der Waals surface area contributed by atoms with Crippen molar-refractivity contribution in [2.45, 2.75) is 181 Å². The van der Waals surface area contributed by atoms with Gasteiger partial charge in [-0.25, -0.2) is 0 Å². The minimum absolute atomic E-state index is 0.154. The zero-order chi connectivity index (χ0) is 34.9. The van der Waals surface area contributed by atoms with Gasteiger partial charge in [0.2, 0.25) is 0 Å². The van der Waals surface area contributed by atoms with Crippen molar-refractivity contribution < 1.29 is 0 Å². The van der Waals surface area contributed by atoms with Gasteiger partial charge in [0.1, 0.15) is 0 Å². The maximum atomic E-state index is 6.23. The second-order valence-corrected chi connectivity index (χ2v) is 19.4. The van der Waals surface area contributed by atoms with E-state index in [1.54, 1.807) is 5.57 Å². The minimum Gasteiger partial charge on any atom is -0.330 e. The molecular formula is C43H84N2. The number of nitrogens with two attached hydrogens (primary N) is 2. The van der Waals surface area contributed by atoms with Gasteiger partial charge in [0.15, 0.2) is 0 Å². The maximum Gasteiger partial charge on any atom is -0.00258 e. The summed E-state index contributed by atoms with van der Waals surface area (Å²) in [4.78, 5) is 0. The van der Waals surface area contributed by atoms with Crippen molar-refractivity contribution >= 4 is 0 Å². The van der Waals surface area contributed by atoms with Gasteiger partial charge >= 0.3 is 0 Å². The molecule has 0 aromatic rings. The first-order chi connectivity index (χ1) is 20.6. The second kappa shape index (κ2) is 17.7. The Bertz CT molecular complexity index is 914. The molecule has 1 rings (SSSR count). The summed E-state index contributed by atoms with van der Waals surface area (Å²) in [5.41, 5.74) is 16.7. The lowest BCUT2D eigenvalue weighted by Gasteiger charge is -2.57. The summed E-state index contributed by atoms with van der Waals surface area (Å²) in [5, 5.41) is 0. The van der Waals surface area contributed by atoms with Crippen LogP contribution < -0.4 is 11.5 Å². The Morgan fingerprint density at radius 3 is 1.80 bits per heavy atom. The normalized spacial score (nSPS) is 23.8. The molecule has 5 unspecified atom stereocenters. The minimum atomic E-state index is 0.154. The highest BCUT2D eigenvalue weighted by molar-refractivity contribution is 5.11. The largest absolute Gasteiger partial charge is 0.330 e. The van der Waals surface area contributed by atoms with E-state index >= 15 is 0 Å². The number of allylic oxidation sites excluding steroid dienone is 3. The lowest BCUT2D eigenvalue weighted by Crippen LogP contribution is -2.49. The molecule has 2 nitrogen and oxygen atoms in total. The summed E-state index contributed by atoms with van der Waals surface area (Å²) in [6, 6.07) is 0. The Hall–Kier alpha value is -0.600. The van der Waals surface area contributed by atoms with E-state index in [0.29, 0.717) is 22.7 Å². The summed E-state index contributed by atoms with van der Waals surface area (Å²) in [6.45, 7) is 38.6. The van der Waals surface area contributed by atoms with E-state index in [0.717, 1.165) is 43.7 Å². The summed E-state index contributed by atoms with van der Waals surface area (Å²) < 4.78 is 0. The van der Waals surface area contributed by atoms with Gasteiger partial charge in [0.05, 0.1) is 0 Å². The summed E-state index contributed by atoms with van der Waals surface area (Å²) in [7, 11) is 0. The number of rotatable bonds is 20. The molecule has 1 aliphatic rings. The molecule has 266 valence electrons. The van der Waals surface area contributed by atoms with Crippen LogP contribution in [0.25, 0.3) is 0 Å². The number of hydrogen-bond donors (Lipinski definition) is 2. The topological polar surface area (TPSA) is 52.0 Å². The molecular weight excluding hydrogens is 544 g/mol. The van der Waals surface area contributed by atoms with E-state index in [1.807, 2.05) is 0 Å². The fraction of sp³-hybridized carbons (Fsp3) is 0.907. The molecule has 1 aliphatic carbocycles. The lowest BCUT2D eigenvalue weighted by molar-refractivity contribution is -0.0673. The molecule has 0 heterocycles. The summed E-state index contributed by atoms with van der Waals surface area (Å²) in [6.07, 6.45) is 20.3. The lowest BCUT2D eigenvalue weighted by atomic mass is 9.48. The van der Waals surface area contributed by atoms with Crippen LogP contribution in [0.3, 0.4) is 0 Å². The fourth-order valence-corrected chi connectivity index (χ4v) is 8.80. The summed E-state index contributed by atoms with van der Waals surface area (Å²) in [5.74, 6) is 3.60. The monoisotopic (exact) mass is 629 g/mol. The molecule has 0 aromatic carbocycles. The molecule has 0 spiro atoms. The first kappa shape index (κ1) is 42.4. The average molecular weight is 629 g/mol. The Labute approximate surface area is 284 Å². The average Bonchev–Trinajstić information content (AvgIpc) is 2.95. The SMILES string of the molecule is CC/C(C)=C/CC(CC)C1C(CC(C)(C)CCC(C)(C)CN)C(C(C)(C)/C=C(\C)CCN)CCC1C(C)(C)CCC(C)(C)CC. The van der Waals surface area contributed by atoms with Gasteiger partial charge < -0.3 is 11.5 Å². The van der Waals surface area contributed by atoms with E-state index in [2.05, 4.69) is 116 Å². The van der Waals surface area contributed by atoms with Gasteiger partial charge in [-0.2, -0.15) is 0 Å². The number of hydrogen-bond acceptors (Lipinski definition) is 2. The molecule has 0 amide bonds. The van der Waals surface area contributed by atoms with Crippen molar-refractivity contribution in [3.05, 3.63) is 23.3 Å². The van der Waals surface area contributed by atoms with Crippen molar-refractivity contribution in [2.75, 3.05) is 13.1 Å². The van der Waals surface area contributed by atoms with E-state index in [4.69, 9.17) is 11.5 Å². The predicted molar refractivity (Wildman–Crippen MR) is 204 cm³/mol. The fourth-order valence-electron chi connectivity index (χ4n) is 8.80. The van der Waals surface area contributed by atoms with Gasteiger partial charge in [-0.1, -0.05) is 126 Å². The van der Waals surface area contributed by atoms with Crippen LogP contribution in [0.1, 0.15) is 181 Å². The van der Waals surface area contributed by atoms with Crippen molar-refractivity contribution in [2.24, 2.45) is 68.1 Å². The molecule has 4 N–H and O–H groups in total. The van der Waals surface area contributed by atoms with Gasteiger partial charge in [-0.05, 0) is 148 Å². The Morgan fingerprint density at radius 1 is 0.733 bits per heavy atom. The van der Waals surface area contributed by atoms with Crippen LogP contribution >= 0.6 is 0 Å². The molecule has 1 fully saturated rings. The highest BCUT2D eigenvalue weighted by Crippen LogP contribution is 2.59. The predicted octanol–water partition coefficient (Wildman–Crippen LogP) is 12.8. The van der Waals surface area contributed by atoms with Crippen LogP contribution in [0.4, 0.5) is 0 Å². The Morgan fingerprint density at radius 2 is 1.29 bits per heavy atom. The van der Waals surface area contributed by atoms with Crippen LogP contribution in [-0.4, -0.2) is 13.1 Å². The first-order valence-electron chi connectivity index (χ1n) is 19.3. The van der Waals surface area contributed by atoms with Crippen molar-refractivity contribution in [3.8, 4) is 0 Å². The van der Waals surface area contributed by atoms with Crippen molar-refractivity contribution in [3.63, 3.8) is 0 Å². The molecule has 1 saturated carbocycles. The highest BCUT2D eigenvalue weighted by atomic mass is 14.6. The zero-order valence-electron chi connectivity index (χ0n) is 33.6. The molecule has 0 aromatic heterocycles. The zero-order valence-corrected chi connectivity index (χ0v) is 33.6. The molecule has 0 aliphatic heterocycles. The first-order valence-corrected chi connectivity index (χ1v) is 19.3. The van der Waals surface area contributed by atoms with Gasteiger partial charge in [-0.15, -0.1) is 0 Å². The van der Waals surface area contributed by atoms with E-state index in [9.17, 15) is 0 Å². The summed E-state index contributed by atoms with van der Waals surface area (Å²) >= 11 is 0. The third-order valence-electron chi connectivity index (χ3n) is 13.0. The molecule has 0 bridgehead atoms. The van der Waals surface area contributed by atoms with E-state index in [1.165, 1.54) is 69.8 Å². The molecule has 5 atom stereocenters. The standard InChI is InChI=1S/C43H84N2/c1-16-32(4)19-20-34(17-2)38-35(30-40(8,9)24-25-41(10,11)31-45)36(43(14,15)29-33(5)23-28-44)21-22-37(38)42(12,13)27-26-39(6,7)18-3/h19,29,34-38H,16-18,20-28,30-31,44-45H2,1-15H3/b32-19+,33-29+. The molecule has 2 heteroatoms. The van der Waals surface area contributed by atoms with Crippen molar-refractivity contribution in [1.82, 2.24) is 0 Å². The third-order valence-corrected chi connectivity index (χ3v) is 13.0. The quantitative estimate of drug-likeness (QED) is 0.132. The van der Waals surface area contributed by atoms with Crippen molar-refractivity contribution in [1.29, 1.82) is 0 Å². The maximum absolute atomic E-state index is 6.23. The van der Waals surface area contributed by atoms with Crippen LogP contribution in [0.2, 0.25) is 0 Å². The molecule has 45 heavy (non-hydrogen) atoms. The second-order valence-electron chi connectivity index (χ2n) is 19.4. The molecule has 0 radical (unpaired) electrons. The smallest absolute Gasteiger partial charge is 0.00258 e. The van der Waals surface area contributed by atoms with E-state index in [-0.39, 0.29) is 16.2 Å². The Balaban J connectivity index is 3.83. The van der Waals surface area contributed by atoms with Crippen LogP contribution in [0, 0.1) is 56.7 Å². The van der Waals surface area contributed by atoms with Gasteiger partial charge in [0, 0.05) is 0 Å². The molecule has 0 saturated heterocycles. The van der Waals surface area contributed by atoms with Crippen LogP contribution in [0.15, 0.2) is 23.3 Å². The van der Waals surface area contributed by atoms with Crippen LogP contribution in [0.5, 0.6) is 0 Å². The van der Waals surface area contributed by atoms with Gasteiger partial charge in [0.25, 0.3) is 0 Å². The van der Waals surface area contributed by atoms with E-state index < -0.39 is 0 Å². The third kappa shape index (κ3) is 13.4. The van der Waals surface area contributed by atoms with Gasteiger partial charge in [-0.3, -0.25) is 0 Å². The highest BCUT2D eigenvalue weighted by Gasteiger charge is 2.51. The van der Waals surface area contributed by atoms with Crippen LogP contribution in [-0.2, 0) is 0 Å². The Kier molecular flexibility index (Phi) is 16.7.